The molecule has 1 saturated heterocycles. The second-order valence-electron chi connectivity index (χ2n) is 14.6. The molecule has 17 nitrogen and oxygen atoms in total. The number of nitrogens with zero attached hydrogens (tertiary/aromatic N) is 1. The average molecular weight is 821 g/mol. The molecular weight excluding hydrogens is 769 g/mol. The van der Waals surface area contributed by atoms with E-state index in [0.29, 0.717) is 16.9 Å². The number of nitrogens with two attached hydrogens (primary N) is 1. The summed E-state index contributed by atoms with van der Waals surface area (Å²) in [6, 6.07) is 7.30. The Morgan fingerprint density at radius 2 is 1.33 bits per heavy atom. The Hall–Kier alpha value is -5.91. The van der Waals surface area contributed by atoms with Crippen LogP contribution >= 0.6 is 11.8 Å². The SMILES string of the molecule is CSCC[C@@H]1NC(=O)[C@@H](CC(C)C)N2C=CC(NC(=O)[C@@H](Cc3ccccc3)NC(=O)[C@H](Cc3ccc(O)cc3)NC(=O)[C@@H](CCC(N)=O)NC(=O)CNC1=O)C2=O. The van der Waals surface area contributed by atoms with Crippen molar-refractivity contribution in [1.29, 1.82) is 0 Å². The molecule has 9 N–H and O–H groups in total. The van der Waals surface area contributed by atoms with Crippen LogP contribution in [0.4, 0.5) is 0 Å². The van der Waals surface area contributed by atoms with Crippen molar-refractivity contribution in [2.24, 2.45) is 11.7 Å². The number of benzene rings is 2. The molecule has 6 atom stereocenters. The number of primary amides is 1. The van der Waals surface area contributed by atoms with Crippen molar-refractivity contribution in [2.75, 3.05) is 18.6 Å². The van der Waals surface area contributed by atoms with Crippen LogP contribution in [-0.4, -0.2) is 112 Å². The predicted octanol–water partition coefficient (Wildman–Crippen LogP) is -0.480. The second-order valence-corrected chi connectivity index (χ2v) is 15.6. The zero-order valence-corrected chi connectivity index (χ0v) is 33.5. The first-order valence-electron chi connectivity index (χ1n) is 19.0. The fourth-order valence-corrected chi connectivity index (χ4v) is 6.93. The molecule has 2 aliphatic heterocycles. The Bertz CT molecular complexity index is 1840. The van der Waals surface area contributed by atoms with Crippen LogP contribution in [0.1, 0.15) is 50.7 Å². The number of amides is 8. The average Bonchev–Trinajstić information content (AvgIpc) is 3.54. The Labute approximate surface area is 341 Å². The maximum atomic E-state index is 14.2. The molecule has 2 aliphatic rings. The lowest BCUT2D eigenvalue weighted by molar-refractivity contribution is -0.140. The van der Waals surface area contributed by atoms with E-state index in [0.717, 1.165) is 0 Å². The van der Waals surface area contributed by atoms with Crippen molar-refractivity contribution in [3.8, 4) is 5.75 Å². The van der Waals surface area contributed by atoms with Crippen LogP contribution in [0, 0.1) is 5.92 Å². The Morgan fingerprint density at radius 3 is 1.93 bits per heavy atom. The zero-order valence-electron chi connectivity index (χ0n) is 32.7. The molecule has 2 aromatic rings. The number of phenols is 1. The highest BCUT2D eigenvalue weighted by Gasteiger charge is 2.39. The molecule has 0 radical (unpaired) electrons. The molecule has 312 valence electrons. The van der Waals surface area contributed by atoms with Gasteiger partial charge in [-0.15, -0.1) is 0 Å². The quantitative estimate of drug-likeness (QED) is 0.137. The molecule has 58 heavy (non-hydrogen) atoms. The van der Waals surface area contributed by atoms with Gasteiger partial charge in [0.05, 0.1) is 6.54 Å². The summed E-state index contributed by atoms with van der Waals surface area (Å²) in [7, 11) is 0. The Balaban J connectivity index is 1.75. The van der Waals surface area contributed by atoms with E-state index < -0.39 is 90.1 Å². The van der Waals surface area contributed by atoms with Gasteiger partial charge in [-0.2, -0.15) is 11.8 Å². The van der Waals surface area contributed by atoms with Crippen molar-refractivity contribution >= 4 is 59.0 Å². The number of hydrogen-bond acceptors (Lipinski definition) is 10. The lowest BCUT2D eigenvalue weighted by atomic mass is 10.0. The van der Waals surface area contributed by atoms with Crippen LogP contribution < -0.4 is 37.6 Å². The lowest BCUT2D eigenvalue weighted by Gasteiger charge is -2.30. The van der Waals surface area contributed by atoms with E-state index in [4.69, 9.17) is 5.73 Å². The first-order valence-corrected chi connectivity index (χ1v) is 20.4. The summed E-state index contributed by atoms with van der Waals surface area (Å²) in [4.78, 5) is 110. The molecular formula is C40H52N8O9S. The first-order chi connectivity index (χ1) is 27.6. The number of thioether (sulfide) groups is 1. The number of phenolic OH excluding ortho intramolecular Hbond substituents is 1. The topological polar surface area (TPSA) is 258 Å². The van der Waals surface area contributed by atoms with Gasteiger partial charge in [0.2, 0.25) is 41.4 Å². The highest BCUT2D eigenvalue weighted by atomic mass is 32.2. The van der Waals surface area contributed by atoms with Crippen molar-refractivity contribution in [2.45, 2.75) is 88.6 Å². The van der Waals surface area contributed by atoms with Crippen molar-refractivity contribution in [3.05, 3.63) is 78.0 Å². The third-order valence-corrected chi connectivity index (χ3v) is 10.2. The van der Waals surface area contributed by atoms with Crippen LogP contribution in [0.3, 0.4) is 0 Å². The molecule has 4 rings (SSSR count). The van der Waals surface area contributed by atoms with E-state index in [1.807, 2.05) is 20.1 Å². The highest BCUT2D eigenvalue weighted by Crippen LogP contribution is 2.20. The number of carbonyl (C=O) groups excluding carboxylic acids is 8. The van der Waals surface area contributed by atoms with E-state index in [1.165, 1.54) is 41.1 Å². The molecule has 8 amide bonds. The van der Waals surface area contributed by atoms with Gasteiger partial charge in [-0.3, -0.25) is 38.4 Å². The highest BCUT2D eigenvalue weighted by molar-refractivity contribution is 7.98. The van der Waals surface area contributed by atoms with Crippen LogP contribution in [0.25, 0.3) is 0 Å². The van der Waals surface area contributed by atoms with Crippen molar-refractivity contribution in [3.63, 3.8) is 0 Å². The van der Waals surface area contributed by atoms with E-state index in [-0.39, 0.29) is 50.2 Å². The summed E-state index contributed by atoms with van der Waals surface area (Å²) < 4.78 is 0. The number of nitrogens with one attached hydrogen (secondary N) is 6. The van der Waals surface area contributed by atoms with E-state index >= 15 is 0 Å². The second kappa shape index (κ2) is 21.6. The maximum Gasteiger partial charge on any atom is 0.253 e. The molecule has 0 aliphatic carbocycles. The van der Waals surface area contributed by atoms with E-state index in [2.05, 4.69) is 31.9 Å². The van der Waals surface area contributed by atoms with Crippen LogP contribution in [0.15, 0.2) is 66.9 Å². The van der Waals surface area contributed by atoms with E-state index in [9.17, 15) is 43.5 Å². The summed E-state index contributed by atoms with van der Waals surface area (Å²) in [6.07, 6.45) is 4.37. The number of hydrogen-bond donors (Lipinski definition) is 8. The summed E-state index contributed by atoms with van der Waals surface area (Å²) in [5.74, 6) is -5.50. The van der Waals surface area contributed by atoms with Gasteiger partial charge < -0.3 is 47.6 Å². The molecule has 1 fully saturated rings. The van der Waals surface area contributed by atoms with E-state index in [1.54, 1.807) is 42.5 Å². The van der Waals surface area contributed by atoms with Crippen molar-refractivity contribution in [1.82, 2.24) is 36.8 Å². The van der Waals surface area contributed by atoms with Gasteiger partial charge in [-0.1, -0.05) is 56.3 Å². The van der Waals surface area contributed by atoms with Gasteiger partial charge in [0.1, 0.15) is 42.0 Å². The molecule has 2 heterocycles. The number of carbonyl (C=O) groups is 8. The lowest BCUT2D eigenvalue weighted by Crippen LogP contribution is -2.59. The summed E-state index contributed by atoms with van der Waals surface area (Å²) in [6.45, 7) is 3.13. The molecule has 1 unspecified atom stereocenters. The number of aromatic hydroxyl groups is 1. The number of rotatable bonds is 12. The van der Waals surface area contributed by atoms with Gasteiger partial charge in [-0.25, -0.2) is 0 Å². The molecule has 2 bridgehead atoms. The number of fused-ring (bicyclic) bond motifs is 2. The van der Waals surface area contributed by atoms with Crippen molar-refractivity contribution < 1.29 is 43.5 Å². The van der Waals surface area contributed by atoms with Crippen LogP contribution in [0.5, 0.6) is 5.75 Å². The summed E-state index contributed by atoms with van der Waals surface area (Å²) >= 11 is 1.43. The Kier molecular flexibility index (Phi) is 16.7. The first kappa shape index (κ1) is 44.8. The third kappa shape index (κ3) is 13.3. The normalized spacial score (nSPS) is 23.9. The minimum atomic E-state index is -1.39. The van der Waals surface area contributed by atoms with Gasteiger partial charge in [0.15, 0.2) is 0 Å². The van der Waals surface area contributed by atoms with Gasteiger partial charge >= 0.3 is 0 Å². The fraction of sp³-hybridized carbons (Fsp3) is 0.450. The summed E-state index contributed by atoms with van der Waals surface area (Å²) in [5, 5.41) is 25.7. The Morgan fingerprint density at radius 1 is 0.759 bits per heavy atom. The molecule has 0 saturated carbocycles. The standard InChI is InChI=1S/C40H52N8O9S/c1-23(2)19-32-39(56)44-28(16-18-58-3)35(52)42-22-34(51)43-27(13-14-33(41)50)36(53)46-31(21-25-9-11-26(49)12-10-25)38(55)47-30(20-24-7-5-4-6-8-24)37(54)45-29-15-17-48(32)40(29)57/h4-12,15,17,23,27-32,49H,13-14,16,18-22H2,1-3H3,(H2,41,50)(H,42,52)(H,43,51)(H,44,56)(H,45,54)(H,46,53)(H,47,55)/t27-,28+,29?,30-,31+,32-/m1/s1. The minimum absolute atomic E-state index is 0.0131. The van der Waals surface area contributed by atoms with Gasteiger partial charge in [0, 0.05) is 25.5 Å². The van der Waals surface area contributed by atoms with Gasteiger partial charge in [-0.05, 0) is 66.5 Å². The maximum absolute atomic E-state index is 14.2. The molecule has 2 aromatic carbocycles. The smallest absolute Gasteiger partial charge is 0.253 e. The van der Waals surface area contributed by atoms with Gasteiger partial charge in [0.25, 0.3) is 5.91 Å². The molecule has 0 spiro atoms. The zero-order chi connectivity index (χ0) is 42.4. The van der Waals surface area contributed by atoms with Crippen LogP contribution in [0.2, 0.25) is 0 Å². The molecule has 18 heteroatoms. The largest absolute Gasteiger partial charge is 0.508 e. The summed E-state index contributed by atoms with van der Waals surface area (Å²) in [5.41, 5.74) is 6.56. The van der Waals surface area contributed by atoms with Crippen LogP contribution in [-0.2, 0) is 51.2 Å². The minimum Gasteiger partial charge on any atom is -0.508 e. The third-order valence-electron chi connectivity index (χ3n) is 9.51. The monoisotopic (exact) mass is 820 g/mol. The predicted molar refractivity (Wildman–Crippen MR) is 215 cm³/mol. The fourth-order valence-electron chi connectivity index (χ4n) is 6.45. The molecule has 0 aromatic heterocycles.